The summed E-state index contributed by atoms with van der Waals surface area (Å²) < 4.78 is 4.99. The molecule has 2 N–H and O–H groups in total. The van der Waals surface area contributed by atoms with Gasteiger partial charge < -0.3 is 9.57 Å². The summed E-state index contributed by atoms with van der Waals surface area (Å²) in [6.07, 6.45) is -0.995. The van der Waals surface area contributed by atoms with Crippen LogP contribution in [0.5, 0.6) is 0 Å². The van der Waals surface area contributed by atoms with Gasteiger partial charge in [0.2, 0.25) is 0 Å². The lowest BCUT2D eigenvalue weighted by molar-refractivity contribution is -0.756. The maximum absolute atomic E-state index is 12.7. The van der Waals surface area contributed by atoms with Crippen molar-refractivity contribution in [1.82, 2.24) is 5.01 Å². The summed E-state index contributed by atoms with van der Waals surface area (Å²) in [5, 5.41) is 9.58. The van der Waals surface area contributed by atoms with E-state index in [0.29, 0.717) is 33.2 Å². The highest BCUT2D eigenvalue weighted by Gasteiger charge is 2.26. The van der Waals surface area contributed by atoms with Gasteiger partial charge in [-0.15, -0.1) is 10.1 Å². The molecule has 33 heavy (non-hydrogen) atoms. The minimum atomic E-state index is -0.995. The molecular formula is C21H23N3O7S2. The molecule has 2 amide bonds. The van der Waals surface area contributed by atoms with E-state index in [0.717, 1.165) is 0 Å². The average molecular weight is 494 g/mol. The van der Waals surface area contributed by atoms with Gasteiger partial charge in [0, 0.05) is 22.6 Å². The standard InChI is InChI=1S/C21H23N3O7S2/c1-15(17-8-5-9-18(14-17)19(25)16-6-3-2-4-7-16)20(26)23(22)21(27)30-10-12-32-33-13-11-31-24(28)29/h2-9,14-15H,10-13,22H2,1H3. The number of benzene rings is 2. The van der Waals surface area contributed by atoms with E-state index in [1.165, 1.54) is 21.6 Å². The molecule has 0 aliphatic carbocycles. The number of carbonyl (C=O) groups is 3. The smallest absolute Gasteiger partial charge is 0.431 e. The Balaban J connectivity index is 1.84. The van der Waals surface area contributed by atoms with Crippen LogP contribution in [0.1, 0.15) is 34.3 Å². The number of carbonyl (C=O) groups excluding carboxylic acids is 3. The van der Waals surface area contributed by atoms with Crippen LogP contribution in [0.15, 0.2) is 54.6 Å². The summed E-state index contributed by atoms with van der Waals surface area (Å²) in [5.74, 6) is 4.80. The van der Waals surface area contributed by atoms with Crippen molar-refractivity contribution < 1.29 is 29.0 Å². The van der Waals surface area contributed by atoms with Gasteiger partial charge in [0.25, 0.3) is 11.0 Å². The zero-order chi connectivity index (χ0) is 24.2. The Kier molecular flexibility index (Phi) is 10.7. The molecule has 0 radical (unpaired) electrons. The van der Waals surface area contributed by atoms with Crippen molar-refractivity contribution in [1.29, 1.82) is 0 Å². The number of hydrazine groups is 1. The van der Waals surface area contributed by atoms with E-state index in [-0.39, 0.29) is 19.0 Å². The molecule has 2 aromatic rings. The maximum atomic E-state index is 12.7. The fourth-order valence-electron chi connectivity index (χ4n) is 2.64. The largest absolute Gasteiger partial charge is 0.447 e. The van der Waals surface area contributed by atoms with Gasteiger partial charge in [0.15, 0.2) is 5.78 Å². The first kappa shape index (κ1) is 26.2. The van der Waals surface area contributed by atoms with Crippen LogP contribution in [0.3, 0.4) is 0 Å². The van der Waals surface area contributed by atoms with Crippen molar-refractivity contribution in [3.63, 3.8) is 0 Å². The predicted molar refractivity (Wildman–Crippen MR) is 125 cm³/mol. The number of hydrogen-bond donors (Lipinski definition) is 1. The topological polar surface area (TPSA) is 142 Å². The number of ketones is 1. The highest BCUT2D eigenvalue weighted by Crippen LogP contribution is 2.22. The van der Waals surface area contributed by atoms with Gasteiger partial charge in [-0.25, -0.2) is 10.6 Å². The lowest BCUT2D eigenvalue weighted by atomic mass is 9.95. The zero-order valence-electron chi connectivity index (χ0n) is 17.7. The van der Waals surface area contributed by atoms with Crippen molar-refractivity contribution >= 4 is 39.4 Å². The molecule has 1 unspecified atom stereocenters. The van der Waals surface area contributed by atoms with Crippen LogP contribution in [0, 0.1) is 10.1 Å². The van der Waals surface area contributed by atoms with E-state index in [2.05, 4.69) is 4.84 Å². The fraction of sp³-hybridized carbons (Fsp3) is 0.286. The van der Waals surface area contributed by atoms with Gasteiger partial charge in [-0.3, -0.25) is 9.59 Å². The summed E-state index contributed by atoms with van der Waals surface area (Å²) in [7, 11) is 2.66. The highest BCUT2D eigenvalue weighted by atomic mass is 33.1. The number of imide groups is 1. The molecule has 2 aromatic carbocycles. The number of ether oxygens (including phenoxy) is 1. The predicted octanol–water partition coefficient (Wildman–Crippen LogP) is 3.45. The quantitative estimate of drug-likeness (QED) is 0.0888. The Morgan fingerprint density at radius 1 is 1.03 bits per heavy atom. The normalized spacial score (nSPS) is 11.3. The first-order chi connectivity index (χ1) is 15.8. The van der Waals surface area contributed by atoms with Gasteiger partial charge >= 0.3 is 6.09 Å². The molecule has 12 heteroatoms. The molecule has 0 aliphatic heterocycles. The minimum absolute atomic E-state index is 0.00299. The molecule has 0 bridgehead atoms. The van der Waals surface area contributed by atoms with Gasteiger partial charge in [-0.05, 0) is 18.6 Å². The third-order valence-electron chi connectivity index (χ3n) is 4.33. The molecule has 0 saturated heterocycles. The molecule has 1 atom stereocenters. The number of amides is 2. The highest BCUT2D eigenvalue weighted by molar-refractivity contribution is 8.76. The summed E-state index contributed by atoms with van der Waals surface area (Å²) in [6.45, 7) is 1.55. The van der Waals surface area contributed by atoms with E-state index < -0.39 is 23.0 Å². The maximum Gasteiger partial charge on any atom is 0.431 e. The van der Waals surface area contributed by atoms with Crippen LogP contribution in [0.2, 0.25) is 0 Å². The van der Waals surface area contributed by atoms with Gasteiger partial charge in [-0.1, -0.05) is 70.1 Å². The second-order valence-corrected chi connectivity index (χ2v) is 9.27. The molecule has 0 spiro atoms. The molecule has 0 fully saturated rings. The molecule has 0 saturated carbocycles. The lowest BCUT2D eigenvalue weighted by Gasteiger charge is -2.19. The number of nitrogens with two attached hydrogens (primary N) is 1. The molecule has 0 aromatic heterocycles. The lowest BCUT2D eigenvalue weighted by Crippen LogP contribution is -2.45. The molecule has 0 heterocycles. The molecule has 176 valence electrons. The third kappa shape index (κ3) is 8.40. The summed E-state index contributed by atoms with van der Waals surface area (Å²) in [5.41, 5.74) is 1.48. The molecule has 0 aliphatic rings. The number of rotatable bonds is 12. The number of nitrogens with zero attached hydrogens (tertiary/aromatic N) is 2. The van der Waals surface area contributed by atoms with E-state index in [1.807, 2.05) is 6.07 Å². The summed E-state index contributed by atoms with van der Waals surface area (Å²) in [6, 6.07) is 15.4. The fourth-order valence-corrected chi connectivity index (χ4v) is 4.29. The molecule has 2 rings (SSSR count). The Bertz CT molecular complexity index is 975. The summed E-state index contributed by atoms with van der Waals surface area (Å²) in [4.78, 5) is 51.6. The third-order valence-corrected chi connectivity index (χ3v) is 6.66. The van der Waals surface area contributed by atoms with Gasteiger partial charge in [-0.2, -0.15) is 5.01 Å². The Hall–Kier alpha value is -3.09. The minimum Gasteiger partial charge on any atom is -0.447 e. The first-order valence-corrected chi connectivity index (χ1v) is 12.3. The van der Waals surface area contributed by atoms with Crippen LogP contribution in [0.4, 0.5) is 4.79 Å². The van der Waals surface area contributed by atoms with Crippen molar-refractivity contribution in [2.75, 3.05) is 24.7 Å². The average Bonchev–Trinajstić information content (AvgIpc) is 2.84. The Labute approximate surface area is 198 Å². The van der Waals surface area contributed by atoms with Crippen molar-refractivity contribution in [3.05, 3.63) is 81.4 Å². The second kappa shape index (κ2) is 13.5. The van der Waals surface area contributed by atoms with Crippen molar-refractivity contribution in [2.24, 2.45) is 5.84 Å². The van der Waals surface area contributed by atoms with Gasteiger partial charge in [0.05, 0.1) is 5.92 Å². The van der Waals surface area contributed by atoms with Crippen molar-refractivity contribution in [2.45, 2.75) is 12.8 Å². The first-order valence-electron chi connectivity index (χ1n) is 9.78. The number of hydrogen-bond acceptors (Lipinski definition) is 10. The van der Waals surface area contributed by atoms with Crippen LogP contribution < -0.4 is 5.84 Å². The van der Waals surface area contributed by atoms with Crippen LogP contribution in [-0.4, -0.2) is 52.6 Å². The molecule has 10 nitrogen and oxygen atoms in total. The van der Waals surface area contributed by atoms with Crippen molar-refractivity contribution in [3.8, 4) is 0 Å². The SMILES string of the molecule is CC(C(=O)N(N)C(=O)OCCSSCCO[N+](=O)[O-])c1cccc(C(=O)c2ccccc2)c1. The monoisotopic (exact) mass is 493 g/mol. The summed E-state index contributed by atoms with van der Waals surface area (Å²) >= 11 is 0. The Morgan fingerprint density at radius 3 is 2.33 bits per heavy atom. The Morgan fingerprint density at radius 2 is 1.67 bits per heavy atom. The van der Waals surface area contributed by atoms with Crippen LogP contribution in [-0.2, 0) is 14.4 Å². The van der Waals surface area contributed by atoms with E-state index in [1.54, 1.807) is 55.5 Å². The molecular weight excluding hydrogens is 470 g/mol. The van der Waals surface area contributed by atoms with E-state index in [4.69, 9.17) is 10.6 Å². The van der Waals surface area contributed by atoms with E-state index >= 15 is 0 Å². The second-order valence-electron chi connectivity index (χ2n) is 6.57. The van der Waals surface area contributed by atoms with E-state index in [9.17, 15) is 24.5 Å². The van der Waals surface area contributed by atoms with Crippen LogP contribution >= 0.6 is 21.6 Å². The zero-order valence-corrected chi connectivity index (χ0v) is 19.4. The van der Waals surface area contributed by atoms with Crippen LogP contribution in [0.25, 0.3) is 0 Å². The van der Waals surface area contributed by atoms with Gasteiger partial charge in [0.1, 0.15) is 13.2 Å².